The number of rotatable bonds is 5. The first-order valence-corrected chi connectivity index (χ1v) is 7.70. The van der Waals surface area contributed by atoms with E-state index in [1.807, 2.05) is 31.2 Å². The molecule has 2 N–H and O–H groups in total. The van der Waals surface area contributed by atoms with Crippen LogP contribution in [0.3, 0.4) is 0 Å². The Morgan fingerprint density at radius 3 is 2.57 bits per heavy atom. The summed E-state index contributed by atoms with van der Waals surface area (Å²) in [5.41, 5.74) is 1.79. The van der Waals surface area contributed by atoms with Gasteiger partial charge < -0.3 is 10.6 Å². The molecule has 1 saturated heterocycles. The number of hydrogen-bond donors (Lipinski definition) is 2. The number of nitrogens with one attached hydrogen (secondary N) is 2. The minimum atomic E-state index is -4.35. The van der Waals surface area contributed by atoms with Crippen molar-refractivity contribution in [2.75, 3.05) is 32.7 Å². The Morgan fingerprint density at radius 1 is 1.30 bits per heavy atom. The minimum Gasteiger partial charge on any atom is -0.354 e. The van der Waals surface area contributed by atoms with Gasteiger partial charge in [-0.15, -0.1) is 0 Å². The van der Waals surface area contributed by atoms with Crippen LogP contribution >= 0.6 is 0 Å². The topological polar surface area (TPSA) is 44.4 Å². The second kappa shape index (κ2) is 7.79. The zero-order chi connectivity index (χ0) is 16.9. The van der Waals surface area contributed by atoms with E-state index in [0.29, 0.717) is 26.2 Å². The largest absolute Gasteiger partial charge is 0.405 e. The Labute approximate surface area is 134 Å². The van der Waals surface area contributed by atoms with Crippen LogP contribution in [-0.2, 0) is 11.2 Å². The summed E-state index contributed by atoms with van der Waals surface area (Å²) < 4.78 is 39.7. The van der Waals surface area contributed by atoms with Gasteiger partial charge in [-0.2, -0.15) is 13.2 Å². The lowest BCUT2D eigenvalue weighted by Crippen LogP contribution is -2.57. The van der Waals surface area contributed by atoms with Gasteiger partial charge in [0.2, 0.25) is 5.91 Å². The number of amides is 1. The van der Waals surface area contributed by atoms with E-state index in [0.717, 1.165) is 11.1 Å². The number of carbonyl (C=O) groups excluding carboxylic acids is 1. The summed E-state index contributed by atoms with van der Waals surface area (Å²) in [6.07, 6.45) is -4.26. The number of carbonyl (C=O) groups is 1. The molecule has 2 rings (SSSR count). The summed E-state index contributed by atoms with van der Waals surface area (Å²) >= 11 is 0. The third-order valence-electron chi connectivity index (χ3n) is 4.08. The second-order valence-corrected chi connectivity index (χ2v) is 5.75. The second-order valence-electron chi connectivity index (χ2n) is 5.75. The van der Waals surface area contributed by atoms with Crippen LogP contribution in [0.25, 0.3) is 0 Å². The van der Waals surface area contributed by atoms with Crippen LogP contribution in [0.5, 0.6) is 0 Å². The van der Waals surface area contributed by atoms with Crippen LogP contribution < -0.4 is 10.6 Å². The van der Waals surface area contributed by atoms with Gasteiger partial charge in [-0.05, 0) is 18.1 Å². The summed E-state index contributed by atoms with van der Waals surface area (Å²) in [5.74, 6) is -0.385. The van der Waals surface area contributed by atoms with Gasteiger partial charge in [0.05, 0.1) is 6.42 Å². The molecule has 0 radical (unpaired) electrons. The maximum Gasteiger partial charge on any atom is 0.405 e. The molecule has 1 amide bonds. The number of aryl methyl sites for hydroxylation is 1. The number of alkyl halides is 3. The molecule has 1 aliphatic rings. The third kappa shape index (κ3) is 5.21. The van der Waals surface area contributed by atoms with Crippen molar-refractivity contribution in [3.63, 3.8) is 0 Å². The highest BCUT2D eigenvalue weighted by molar-refractivity contribution is 5.78. The van der Waals surface area contributed by atoms with Gasteiger partial charge in [0, 0.05) is 32.7 Å². The molecule has 4 nitrogen and oxygen atoms in total. The standard InChI is InChI=1S/C16H22F3N3O/c1-12-4-2-3-5-13(12)10-15(23)21-11-14(16(17,18)19)22-8-6-20-7-9-22/h2-5,14,20H,6-11H2,1H3,(H,21,23). The van der Waals surface area contributed by atoms with Crippen molar-refractivity contribution in [2.24, 2.45) is 0 Å². The van der Waals surface area contributed by atoms with Gasteiger partial charge in [-0.1, -0.05) is 24.3 Å². The van der Waals surface area contributed by atoms with Crippen molar-refractivity contribution in [2.45, 2.75) is 25.6 Å². The molecular formula is C16H22F3N3O. The Balaban J connectivity index is 1.92. The van der Waals surface area contributed by atoms with E-state index in [4.69, 9.17) is 0 Å². The molecule has 0 bridgehead atoms. The Bertz CT molecular complexity index is 528. The smallest absolute Gasteiger partial charge is 0.354 e. The molecule has 1 atom stereocenters. The molecule has 128 valence electrons. The molecule has 1 fully saturated rings. The van der Waals surface area contributed by atoms with Gasteiger partial charge >= 0.3 is 6.18 Å². The van der Waals surface area contributed by atoms with Gasteiger partial charge in [-0.3, -0.25) is 9.69 Å². The number of nitrogens with zero attached hydrogens (tertiary/aromatic N) is 1. The van der Waals surface area contributed by atoms with E-state index in [2.05, 4.69) is 10.6 Å². The number of hydrogen-bond acceptors (Lipinski definition) is 3. The van der Waals surface area contributed by atoms with Crippen LogP contribution in [0.2, 0.25) is 0 Å². The predicted molar refractivity (Wildman–Crippen MR) is 82.2 cm³/mol. The van der Waals surface area contributed by atoms with E-state index in [1.54, 1.807) is 0 Å². The molecule has 23 heavy (non-hydrogen) atoms. The van der Waals surface area contributed by atoms with Gasteiger partial charge in [0.15, 0.2) is 0 Å². The molecule has 0 aliphatic carbocycles. The van der Waals surface area contributed by atoms with E-state index in [1.165, 1.54) is 4.90 Å². The molecule has 0 spiro atoms. The SMILES string of the molecule is Cc1ccccc1CC(=O)NCC(N1CCNCC1)C(F)(F)F. The summed E-state index contributed by atoms with van der Waals surface area (Å²) in [5, 5.41) is 5.47. The molecule has 1 heterocycles. The summed E-state index contributed by atoms with van der Waals surface area (Å²) in [7, 11) is 0. The minimum absolute atomic E-state index is 0.0960. The van der Waals surface area contributed by atoms with Crippen molar-refractivity contribution < 1.29 is 18.0 Å². The predicted octanol–water partition coefficient (Wildman–Crippen LogP) is 1.49. The Hall–Kier alpha value is -1.60. The monoisotopic (exact) mass is 329 g/mol. The molecule has 1 aromatic rings. The molecular weight excluding hydrogens is 307 g/mol. The number of piperazine rings is 1. The first kappa shape index (κ1) is 17.7. The lowest BCUT2D eigenvalue weighted by molar-refractivity contribution is -0.184. The summed E-state index contributed by atoms with van der Waals surface area (Å²) in [4.78, 5) is 13.3. The Morgan fingerprint density at radius 2 is 1.96 bits per heavy atom. The zero-order valence-electron chi connectivity index (χ0n) is 13.1. The zero-order valence-corrected chi connectivity index (χ0v) is 13.1. The lowest BCUT2D eigenvalue weighted by Gasteiger charge is -2.35. The maximum absolute atomic E-state index is 13.2. The quantitative estimate of drug-likeness (QED) is 0.860. The normalized spacial score (nSPS) is 17.7. The van der Waals surface area contributed by atoms with Crippen molar-refractivity contribution in [3.05, 3.63) is 35.4 Å². The third-order valence-corrected chi connectivity index (χ3v) is 4.08. The number of halogens is 3. The fourth-order valence-corrected chi connectivity index (χ4v) is 2.70. The van der Waals surface area contributed by atoms with Crippen molar-refractivity contribution in [3.8, 4) is 0 Å². The highest BCUT2D eigenvalue weighted by Crippen LogP contribution is 2.24. The average Bonchev–Trinajstić information content (AvgIpc) is 2.49. The van der Waals surface area contributed by atoms with Crippen LogP contribution in [0.4, 0.5) is 13.2 Å². The van der Waals surface area contributed by atoms with E-state index < -0.39 is 18.8 Å². The number of benzene rings is 1. The van der Waals surface area contributed by atoms with Gasteiger partial charge in [0.1, 0.15) is 6.04 Å². The van der Waals surface area contributed by atoms with E-state index >= 15 is 0 Å². The molecule has 0 saturated carbocycles. The maximum atomic E-state index is 13.2. The molecule has 0 aromatic heterocycles. The van der Waals surface area contributed by atoms with Crippen molar-refractivity contribution >= 4 is 5.91 Å². The van der Waals surface area contributed by atoms with Crippen LogP contribution in [-0.4, -0.2) is 55.7 Å². The molecule has 7 heteroatoms. The van der Waals surface area contributed by atoms with E-state index in [-0.39, 0.29) is 12.3 Å². The fraction of sp³-hybridized carbons (Fsp3) is 0.562. The van der Waals surface area contributed by atoms with Crippen molar-refractivity contribution in [1.29, 1.82) is 0 Å². The highest BCUT2D eigenvalue weighted by Gasteiger charge is 2.43. The fourth-order valence-electron chi connectivity index (χ4n) is 2.70. The van der Waals surface area contributed by atoms with Crippen LogP contribution in [0.1, 0.15) is 11.1 Å². The van der Waals surface area contributed by atoms with Gasteiger partial charge in [-0.25, -0.2) is 0 Å². The summed E-state index contributed by atoms with van der Waals surface area (Å²) in [6, 6.07) is 5.73. The first-order chi connectivity index (χ1) is 10.9. The van der Waals surface area contributed by atoms with Crippen LogP contribution in [0.15, 0.2) is 24.3 Å². The average molecular weight is 329 g/mol. The Kier molecular flexibility index (Phi) is 6.01. The molecule has 1 aliphatic heterocycles. The summed E-state index contributed by atoms with van der Waals surface area (Å²) in [6.45, 7) is 3.19. The first-order valence-electron chi connectivity index (χ1n) is 7.70. The van der Waals surface area contributed by atoms with Crippen LogP contribution in [0, 0.1) is 6.92 Å². The van der Waals surface area contributed by atoms with Gasteiger partial charge in [0.25, 0.3) is 0 Å². The molecule has 1 aromatic carbocycles. The van der Waals surface area contributed by atoms with Crippen molar-refractivity contribution in [1.82, 2.24) is 15.5 Å². The lowest BCUT2D eigenvalue weighted by atomic mass is 10.1. The highest BCUT2D eigenvalue weighted by atomic mass is 19.4. The molecule has 1 unspecified atom stereocenters. The van der Waals surface area contributed by atoms with E-state index in [9.17, 15) is 18.0 Å².